The summed E-state index contributed by atoms with van der Waals surface area (Å²) in [5.74, 6) is 2.73. The largest absolute Gasteiger partial charge is 0.461 e. The highest BCUT2D eigenvalue weighted by Gasteiger charge is 2.49. The van der Waals surface area contributed by atoms with E-state index in [1.165, 1.54) is 0 Å². The molecule has 48 heavy (non-hydrogen) atoms. The number of alkyl halides is 1. The van der Waals surface area contributed by atoms with E-state index in [-0.39, 0.29) is 30.3 Å². The van der Waals surface area contributed by atoms with Crippen LogP contribution in [0.15, 0.2) is 48.5 Å². The lowest BCUT2D eigenvalue weighted by Crippen LogP contribution is -2.43. The molecule has 8 nitrogen and oxygen atoms in total. The Morgan fingerprint density at radius 2 is 1.90 bits per heavy atom. The van der Waals surface area contributed by atoms with Gasteiger partial charge < -0.3 is 19.3 Å². The van der Waals surface area contributed by atoms with Gasteiger partial charge in [-0.25, -0.2) is 13.6 Å². The molecule has 3 aliphatic rings. The number of amides is 1. The molecule has 4 heterocycles. The number of ether oxygens (including phenoxy) is 2. The number of rotatable bonds is 6. The molecule has 0 radical (unpaired) electrons. The number of nitrogens with zero attached hydrogens (tertiary/aromatic N) is 5. The molecule has 3 aromatic carbocycles. The number of halogens is 2. The summed E-state index contributed by atoms with van der Waals surface area (Å²) in [6.07, 6.45) is 7.47. The highest BCUT2D eigenvalue weighted by molar-refractivity contribution is 6.03. The van der Waals surface area contributed by atoms with E-state index in [4.69, 9.17) is 20.9 Å². The first-order chi connectivity index (χ1) is 23.0. The predicted molar refractivity (Wildman–Crippen MR) is 184 cm³/mol. The summed E-state index contributed by atoms with van der Waals surface area (Å²) in [6, 6.07) is 14.9. The third-order valence-electron chi connectivity index (χ3n) is 10.0. The molecule has 3 aliphatic heterocycles. The first-order valence-electron chi connectivity index (χ1n) is 16.7. The third-order valence-corrected chi connectivity index (χ3v) is 10.0. The fourth-order valence-corrected chi connectivity index (χ4v) is 7.72. The maximum atomic E-state index is 16.9. The summed E-state index contributed by atoms with van der Waals surface area (Å²) < 4.78 is 43.3. The first-order valence-corrected chi connectivity index (χ1v) is 16.7. The van der Waals surface area contributed by atoms with Crippen LogP contribution in [0.4, 0.5) is 19.4 Å². The van der Waals surface area contributed by atoms with Gasteiger partial charge in [-0.05, 0) is 69.7 Å². The quantitative estimate of drug-likeness (QED) is 0.208. The highest BCUT2D eigenvalue weighted by atomic mass is 19.1. The molecule has 1 aromatic heterocycles. The van der Waals surface area contributed by atoms with E-state index in [2.05, 4.69) is 15.8 Å². The number of benzene rings is 3. The van der Waals surface area contributed by atoms with Crippen LogP contribution in [-0.4, -0.2) is 89.0 Å². The molecule has 0 bridgehead atoms. The van der Waals surface area contributed by atoms with Gasteiger partial charge in [0.1, 0.15) is 29.7 Å². The van der Waals surface area contributed by atoms with Crippen LogP contribution in [0.5, 0.6) is 6.01 Å². The van der Waals surface area contributed by atoms with Gasteiger partial charge in [0.25, 0.3) is 0 Å². The maximum Gasteiger partial charge on any atom is 0.410 e. The van der Waals surface area contributed by atoms with Gasteiger partial charge in [-0.2, -0.15) is 9.97 Å². The second kappa shape index (κ2) is 12.2. The van der Waals surface area contributed by atoms with Crippen LogP contribution in [0.2, 0.25) is 0 Å². The standard InChI is InChI=1S/C38H41F2N5O3/c1-6-24-10-7-11-25-12-8-13-28(31(24)25)29-14-15-30-33(32(29)40)41-35(47-23-38-17-9-18-45(38)21-26(39)20-38)42-34(30)43(5)27-16-19-44(22-27)36(46)48-37(2,3)4/h1,7-8,10-15,26-27H,9,16-23H2,2-5H3/t26-,27+,38+/m1/s1. The summed E-state index contributed by atoms with van der Waals surface area (Å²) in [7, 11) is 1.90. The summed E-state index contributed by atoms with van der Waals surface area (Å²) in [5, 5.41) is 2.22. The van der Waals surface area contributed by atoms with Crippen molar-refractivity contribution in [3.63, 3.8) is 0 Å². The number of carbonyl (C=O) groups excluding carboxylic acids is 1. The van der Waals surface area contributed by atoms with Crippen molar-refractivity contribution in [2.45, 2.75) is 69.8 Å². The minimum Gasteiger partial charge on any atom is -0.461 e. The molecule has 7 rings (SSSR count). The SMILES string of the molecule is C#Cc1cccc2cccc(-c3ccc4c(N(C)[C@H]5CCN(C(=O)OC(C)(C)C)C5)nc(OC[C@@]56CCCN5C[C@H](F)C6)nc4c3F)c12. The second-order valence-corrected chi connectivity index (χ2v) is 14.4. The molecule has 0 N–H and O–H groups in total. The van der Waals surface area contributed by atoms with Crippen LogP contribution >= 0.6 is 0 Å². The van der Waals surface area contributed by atoms with Crippen LogP contribution in [0.3, 0.4) is 0 Å². The van der Waals surface area contributed by atoms with Gasteiger partial charge in [0, 0.05) is 61.0 Å². The van der Waals surface area contributed by atoms with Crippen molar-refractivity contribution in [1.82, 2.24) is 19.8 Å². The number of carbonyl (C=O) groups is 1. The predicted octanol–water partition coefficient (Wildman–Crippen LogP) is 6.97. The summed E-state index contributed by atoms with van der Waals surface area (Å²) in [5.41, 5.74) is 0.800. The van der Waals surface area contributed by atoms with Gasteiger partial charge >= 0.3 is 12.1 Å². The number of fused-ring (bicyclic) bond motifs is 3. The van der Waals surface area contributed by atoms with E-state index in [0.29, 0.717) is 60.4 Å². The minimum absolute atomic E-state index is 0.0353. The average Bonchev–Trinajstić information content (AvgIpc) is 3.77. The van der Waals surface area contributed by atoms with Crippen LogP contribution < -0.4 is 9.64 Å². The van der Waals surface area contributed by atoms with Gasteiger partial charge in [-0.15, -0.1) is 6.42 Å². The van der Waals surface area contributed by atoms with Gasteiger partial charge in [0.15, 0.2) is 5.82 Å². The van der Waals surface area contributed by atoms with Crippen molar-refractivity contribution in [3.8, 4) is 29.5 Å². The number of hydrogen-bond acceptors (Lipinski definition) is 7. The molecule has 3 fully saturated rings. The fourth-order valence-electron chi connectivity index (χ4n) is 7.72. The Morgan fingerprint density at radius 1 is 1.10 bits per heavy atom. The van der Waals surface area contributed by atoms with Crippen LogP contribution in [0.1, 0.15) is 52.0 Å². The molecule has 0 aliphatic carbocycles. The molecule has 0 spiro atoms. The summed E-state index contributed by atoms with van der Waals surface area (Å²) in [6.45, 7) is 7.92. The van der Waals surface area contributed by atoms with Gasteiger partial charge in [0.05, 0.1) is 5.54 Å². The zero-order chi connectivity index (χ0) is 33.8. The molecule has 10 heteroatoms. The van der Waals surface area contributed by atoms with Crippen LogP contribution in [-0.2, 0) is 4.74 Å². The Hall–Kier alpha value is -4.49. The number of anilines is 1. The number of likely N-dealkylation sites (tertiary alicyclic amines) is 1. The van der Waals surface area contributed by atoms with Gasteiger partial charge in [0.2, 0.25) is 0 Å². The molecule has 3 atom stereocenters. The zero-order valence-electron chi connectivity index (χ0n) is 27.9. The Labute approximate surface area is 280 Å². The van der Waals surface area contributed by atoms with E-state index < -0.39 is 23.1 Å². The lowest BCUT2D eigenvalue weighted by atomic mass is 9.94. The molecule has 0 unspecified atom stereocenters. The van der Waals surface area contributed by atoms with Crippen molar-refractivity contribution in [2.24, 2.45) is 0 Å². The molecule has 1 amide bonds. The van der Waals surface area contributed by atoms with Crippen LogP contribution in [0, 0.1) is 18.2 Å². The van der Waals surface area contributed by atoms with Crippen molar-refractivity contribution < 1.29 is 23.0 Å². The molecular weight excluding hydrogens is 612 g/mol. The topological polar surface area (TPSA) is 71.0 Å². The Kier molecular flexibility index (Phi) is 8.15. The zero-order valence-corrected chi connectivity index (χ0v) is 27.9. The lowest BCUT2D eigenvalue weighted by molar-refractivity contribution is 0.0292. The molecule has 3 saturated heterocycles. The average molecular weight is 654 g/mol. The Bertz CT molecular complexity index is 1930. The normalized spacial score (nSPS) is 22.6. The maximum absolute atomic E-state index is 16.9. The van der Waals surface area contributed by atoms with Crippen molar-refractivity contribution in [1.29, 1.82) is 0 Å². The number of likely N-dealkylation sites (N-methyl/N-ethyl adjacent to an activating group) is 1. The summed E-state index contributed by atoms with van der Waals surface area (Å²) >= 11 is 0. The van der Waals surface area contributed by atoms with E-state index in [0.717, 1.165) is 30.2 Å². The molecule has 4 aromatic rings. The second-order valence-electron chi connectivity index (χ2n) is 14.4. The van der Waals surface area contributed by atoms with E-state index in [9.17, 15) is 9.18 Å². The smallest absolute Gasteiger partial charge is 0.410 e. The van der Waals surface area contributed by atoms with Crippen LogP contribution in [0.25, 0.3) is 32.8 Å². The summed E-state index contributed by atoms with van der Waals surface area (Å²) in [4.78, 5) is 28.2. The minimum atomic E-state index is -0.906. The van der Waals surface area contributed by atoms with E-state index in [1.54, 1.807) is 11.0 Å². The van der Waals surface area contributed by atoms with Crippen molar-refractivity contribution >= 4 is 33.6 Å². The van der Waals surface area contributed by atoms with Gasteiger partial charge in [-0.3, -0.25) is 4.90 Å². The third kappa shape index (κ3) is 5.79. The van der Waals surface area contributed by atoms with Crippen molar-refractivity contribution in [2.75, 3.05) is 44.7 Å². The van der Waals surface area contributed by atoms with Crippen molar-refractivity contribution in [3.05, 3.63) is 59.9 Å². The van der Waals surface area contributed by atoms with E-state index in [1.807, 2.05) is 75.2 Å². The molecule has 250 valence electrons. The number of terminal acetylenes is 1. The lowest BCUT2D eigenvalue weighted by Gasteiger charge is -2.31. The number of hydrogen-bond donors (Lipinski definition) is 0. The Balaban J connectivity index is 1.29. The van der Waals surface area contributed by atoms with E-state index >= 15 is 4.39 Å². The van der Waals surface area contributed by atoms with Gasteiger partial charge in [-0.1, -0.05) is 42.3 Å². The fraction of sp³-hybridized carbons (Fsp3) is 0.447. The molecular formula is C38H41F2N5O3. The first kappa shape index (κ1) is 32.1. The number of aromatic nitrogens is 2. The molecule has 0 saturated carbocycles. The monoisotopic (exact) mass is 653 g/mol. The Morgan fingerprint density at radius 3 is 2.67 bits per heavy atom. The highest BCUT2D eigenvalue weighted by Crippen LogP contribution is 2.41.